The summed E-state index contributed by atoms with van der Waals surface area (Å²) in [5, 5.41) is 3.48. The molecule has 4 unspecified atom stereocenters. The van der Waals surface area contributed by atoms with Crippen molar-refractivity contribution in [2.75, 3.05) is 32.7 Å². The van der Waals surface area contributed by atoms with Crippen molar-refractivity contribution in [1.29, 1.82) is 0 Å². The van der Waals surface area contributed by atoms with Gasteiger partial charge in [0.25, 0.3) is 5.91 Å². The van der Waals surface area contributed by atoms with Crippen LogP contribution in [0.1, 0.15) is 57.9 Å². The van der Waals surface area contributed by atoms with Gasteiger partial charge in [0.1, 0.15) is 6.54 Å². The van der Waals surface area contributed by atoms with Gasteiger partial charge in [-0.25, -0.2) is 0 Å². The first-order valence-electron chi connectivity index (χ1n) is 12.7. The number of fused-ring (bicyclic) bond motifs is 1. The molecule has 0 bridgehead atoms. The van der Waals surface area contributed by atoms with Gasteiger partial charge >= 0.3 is 0 Å². The molecule has 1 saturated carbocycles. The number of nitrogens with one attached hydrogen (secondary N) is 1. The Morgan fingerprint density at radius 1 is 1.12 bits per heavy atom. The van der Waals surface area contributed by atoms with Gasteiger partial charge in [-0.3, -0.25) is 9.59 Å². The molecule has 1 aliphatic carbocycles. The average molecular weight is 470 g/mol. The highest BCUT2D eigenvalue weighted by Gasteiger charge is 2.41. The summed E-state index contributed by atoms with van der Waals surface area (Å²) in [5.41, 5.74) is 1.04. The van der Waals surface area contributed by atoms with Crippen LogP contribution in [0.5, 0.6) is 0 Å². The Kier molecular flexibility index (Phi) is 8.53. The van der Waals surface area contributed by atoms with Crippen molar-refractivity contribution in [1.82, 2.24) is 15.1 Å². The minimum Gasteiger partial charge on any atom is -0.355 e. The van der Waals surface area contributed by atoms with Gasteiger partial charge in [-0.1, -0.05) is 57.0 Å². The van der Waals surface area contributed by atoms with Crippen LogP contribution < -0.4 is 5.32 Å². The van der Waals surface area contributed by atoms with E-state index in [0.29, 0.717) is 11.8 Å². The lowest BCUT2D eigenvalue weighted by atomic mass is 9.92. The van der Waals surface area contributed by atoms with Gasteiger partial charge in [-0.15, -0.1) is 11.8 Å². The van der Waals surface area contributed by atoms with Crippen LogP contribution in [-0.4, -0.2) is 65.6 Å². The highest BCUT2D eigenvalue weighted by atomic mass is 32.2. The van der Waals surface area contributed by atoms with E-state index in [9.17, 15) is 9.59 Å². The van der Waals surface area contributed by atoms with E-state index in [1.807, 2.05) is 41.3 Å². The number of hydrogen-bond acceptors (Lipinski definition) is 4. The molecule has 0 spiro atoms. The Balaban J connectivity index is 1.32. The van der Waals surface area contributed by atoms with Crippen molar-refractivity contribution in [3.63, 3.8) is 0 Å². The molecule has 4 rings (SSSR count). The molecular weight excluding hydrogens is 430 g/mol. The number of likely N-dealkylation sites (tertiary alicyclic amines) is 1. The SMILES string of the molecule is CC1CC(C)CN(CCCNC(=O)CN2C(=O)/C(=C/c3ccccc3)SC3CCCCC32)C1. The number of piperidine rings is 1. The van der Waals surface area contributed by atoms with Crippen LogP contribution in [0.25, 0.3) is 6.08 Å². The second-order valence-electron chi connectivity index (χ2n) is 10.3. The van der Waals surface area contributed by atoms with Crippen LogP contribution in [0.2, 0.25) is 0 Å². The number of amides is 2. The second kappa shape index (κ2) is 11.6. The monoisotopic (exact) mass is 469 g/mol. The molecule has 1 aromatic carbocycles. The summed E-state index contributed by atoms with van der Waals surface area (Å²) >= 11 is 1.72. The summed E-state index contributed by atoms with van der Waals surface area (Å²) in [6, 6.07) is 10.2. The number of hydrogen-bond donors (Lipinski definition) is 1. The Morgan fingerprint density at radius 2 is 1.85 bits per heavy atom. The minimum absolute atomic E-state index is 0.0124. The molecule has 1 N–H and O–H groups in total. The number of nitrogens with zero attached hydrogens (tertiary/aromatic N) is 2. The Labute approximate surface area is 203 Å². The van der Waals surface area contributed by atoms with Crippen LogP contribution in [0.4, 0.5) is 0 Å². The van der Waals surface area contributed by atoms with Crippen LogP contribution in [0, 0.1) is 11.8 Å². The van der Waals surface area contributed by atoms with Crippen molar-refractivity contribution in [2.24, 2.45) is 11.8 Å². The van der Waals surface area contributed by atoms with E-state index in [2.05, 4.69) is 24.1 Å². The summed E-state index contributed by atoms with van der Waals surface area (Å²) in [7, 11) is 0. The summed E-state index contributed by atoms with van der Waals surface area (Å²) in [4.78, 5) is 31.3. The molecule has 0 radical (unpaired) electrons. The zero-order chi connectivity index (χ0) is 23.2. The standard InChI is InChI=1S/C27H39N3O2S/c1-20-15-21(2)18-29(17-20)14-8-13-28-26(31)19-30-23-11-6-7-12-24(23)33-25(27(30)32)16-22-9-4-3-5-10-22/h3-5,9-10,16,20-21,23-24H,6-8,11-15,17-19H2,1-2H3,(H,28,31)/b25-16-. The zero-order valence-electron chi connectivity index (χ0n) is 20.2. The number of carbonyl (C=O) groups is 2. The molecular formula is C27H39N3O2S. The third-order valence-electron chi connectivity index (χ3n) is 7.15. The van der Waals surface area contributed by atoms with E-state index in [-0.39, 0.29) is 24.4 Å². The summed E-state index contributed by atoms with van der Waals surface area (Å²) < 4.78 is 0. The molecule has 180 valence electrons. The minimum atomic E-state index is -0.0287. The van der Waals surface area contributed by atoms with E-state index in [1.54, 1.807) is 11.8 Å². The molecule has 3 aliphatic rings. The predicted octanol–water partition coefficient (Wildman–Crippen LogP) is 4.40. The first-order chi connectivity index (χ1) is 16.0. The van der Waals surface area contributed by atoms with Crippen molar-refractivity contribution in [3.8, 4) is 0 Å². The van der Waals surface area contributed by atoms with E-state index in [4.69, 9.17) is 0 Å². The maximum Gasteiger partial charge on any atom is 0.261 e. The van der Waals surface area contributed by atoms with Crippen LogP contribution >= 0.6 is 11.8 Å². The maximum atomic E-state index is 13.4. The number of benzene rings is 1. The molecule has 2 aliphatic heterocycles. The molecule has 4 atom stereocenters. The Morgan fingerprint density at radius 3 is 2.61 bits per heavy atom. The van der Waals surface area contributed by atoms with Gasteiger partial charge in [0, 0.05) is 30.9 Å². The van der Waals surface area contributed by atoms with Crippen LogP contribution in [0.3, 0.4) is 0 Å². The highest BCUT2D eigenvalue weighted by Crippen LogP contribution is 2.42. The fourth-order valence-corrected chi connectivity index (χ4v) is 7.25. The lowest BCUT2D eigenvalue weighted by Crippen LogP contribution is -2.54. The second-order valence-corrected chi connectivity index (χ2v) is 11.6. The smallest absolute Gasteiger partial charge is 0.261 e. The van der Waals surface area contributed by atoms with Crippen LogP contribution in [-0.2, 0) is 9.59 Å². The Hall–Kier alpha value is -1.79. The topological polar surface area (TPSA) is 52.7 Å². The third-order valence-corrected chi connectivity index (χ3v) is 8.55. The number of rotatable bonds is 7. The molecule has 33 heavy (non-hydrogen) atoms. The summed E-state index contributed by atoms with van der Waals surface area (Å²) in [6.45, 7) is 8.87. The van der Waals surface area contributed by atoms with Gasteiger partial charge in [0.15, 0.2) is 0 Å². The first kappa shape index (κ1) is 24.3. The highest BCUT2D eigenvalue weighted by molar-refractivity contribution is 8.04. The zero-order valence-corrected chi connectivity index (χ0v) is 21.0. The molecule has 2 amide bonds. The third kappa shape index (κ3) is 6.63. The fourth-order valence-electron chi connectivity index (χ4n) is 5.78. The number of carbonyl (C=O) groups excluding carboxylic acids is 2. The average Bonchev–Trinajstić information content (AvgIpc) is 2.79. The molecule has 2 saturated heterocycles. The Bertz CT molecular complexity index is 833. The van der Waals surface area contributed by atoms with Crippen molar-refractivity contribution in [3.05, 3.63) is 40.8 Å². The maximum absolute atomic E-state index is 13.4. The van der Waals surface area contributed by atoms with Gasteiger partial charge in [-0.05, 0) is 55.7 Å². The number of thioether (sulfide) groups is 1. The molecule has 3 fully saturated rings. The van der Waals surface area contributed by atoms with Crippen LogP contribution in [0.15, 0.2) is 35.2 Å². The van der Waals surface area contributed by atoms with Gasteiger partial charge in [0.2, 0.25) is 5.91 Å². The fraction of sp³-hybridized carbons (Fsp3) is 0.630. The molecule has 6 heteroatoms. The first-order valence-corrected chi connectivity index (χ1v) is 13.6. The van der Waals surface area contributed by atoms with Gasteiger partial charge < -0.3 is 15.1 Å². The van der Waals surface area contributed by atoms with Crippen molar-refractivity contribution >= 4 is 29.7 Å². The predicted molar refractivity (Wildman–Crippen MR) is 137 cm³/mol. The van der Waals surface area contributed by atoms with E-state index in [1.165, 1.54) is 12.8 Å². The normalized spacial score (nSPS) is 29.7. The lowest BCUT2D eigenvalue weighted by Gasteiger charge is -2.43. The molecule has 2 heterocycles. The molecule has 1 aromatic rings. The quantitative estimate of drug-likeness (QED) is 0.475. The summed E-state index contributed by atoms with van der Waals surface area (Å²) in [6.07, 6.45) is 8.72. The summed E-state index contributed by atoms with van der Waals surface area (Å²) in [5.74, 6) is 1.50. The van der Waals surface area contributed by atoms with Gasteiger partial charge in [-0.2, -0.15) is 0 Å². The van der Waals surface area contributed by atoms with E-state index >= 15 is 0 Å². The largest absolute Gasteiger partial charge is 0.355 e. The van der Waals surface area contributed by atoms with E-state index < -0.39 is 0 Å². The van der Waals surface area contributed by atoms with Gasteiger partial charge in [0.05, 0.1) is 4.91 Å². The van der Waals surface area contributed by atoms with Crippen molar-refractivity contribution in [2.45, 2.75) is 63.7 Å². The molecule has 0 aromatic heterocycles. The van der Waals surface area contributed by atoms with Crippen molar-refractivity contribution < 1.29 is 9.59 Å². The molecule has 5 nitrogen and oxygen atoms in total. The lowest BCUT2D eigenvalue weighted by molar-refractivity contribution is -0.135. The van der Waals surface area contributed by atoms with E-state index in [0.717, 1.165) is 67.6 Å².